The normalized spacial score (nSPS) is 21.5. The SMILES string of the molecule is O=S(=O)(N[C@H]1c2ccccc2C[C@H]1O)c1cc(Cl)sc1Cl. The fourth-order valence-electron chi connectivity index (χ4n) is 2.45. The van der Waals surface area contributed by atoms with E-state index in [1.54, 1.807) is 6.07 Å². The van der Waals surface area contributed by atoms with E-state index in [9.17, 15) is 13.5 Å². The summed E-state index contributed by atoms with van der Waals surface area (Å²) in [6.45, 7) is 0. The summed E-state index contributed by atoms with van der Waals surface area (Å²) in [5.41, 5.74) is 1.72. The fraction of sp³-hybridized carbons (Fsp3) is 0.231. The van der Waals surface area contributed by atoms with Gasteiger partial charge < -0.3 is 5.11 Å². The zero-order valence-corrected chi connectivity index (χ0v) is 13.7. The number of aliphatic hydroxyl groups excluding tert-OH is 1. The fourth-order valence-corrected chi connectivity index (χ4v) is 5.85. The van der Waals surface area contributed by atoms with E-state index in [1.165, 1.54) is 6.07 Å². The summed E-state index contributed by atoms with van der Waals surface area (Å²) in [6, 6.07) is 7.98. The first-order valence-corrected chi connectivity index (χ1v) is 9.17. The molecular formula is C13H11Cl2NO3S2. The van der Waals surface area contributed by atoms with Crippen molar-refractivity contribution >= 4 is 44.6 Å². The molecule has 1 heterocycles. The highest BCUT2D eigenvalue weighted by atomic mass is 35.5. The van der Waals surface area contributed by atoms with Crippen LogP contribution in [0.4, 0.5) is 0 Å². The van der Waals surface area contributed by atoms with Gasteiger partial charge in [0.1, 0.15) is 9.23 Å². The van der Waals surface area contributed by atoms with Gasteiger partial charge in [-0.2, -0.15) is 0 Å². The lowest BCUT2D eigenvalue weighted by molar-refractivity contribution is 0.151. The smallest absolute Gasteiger partial charge is 0.243 e. The minimum absolute atomic E-state index is 0.0595. The Balaban J connectivity index is 1.95. The molecule has 0 radical (unpaired) electrons. The van der Waals surface area contributed by atoms with E-state index in [0.717, 1.165) is 22.5 Å². The van der Waals surface area contributed by atoms with Gasteiger partial charge in [0.15, 0.2) is 0 Å². The molecule has 2 N–H and O–H groups in total. The van der Waals surface area contributed by atoms with E-state index in [4.69, 9.17) is 23.2 Å². The van der Waals surface area contributed by atoms with Crippen LogP contribution >= 0.6 is 34.5 Å². The Hall–Kier alpha value is -0.630. The number of fused-ring (bicyclic) bond motifs is 1. The predicted octanol–water partition coefficient (Wildman–Crippen LogP) is 2.99. The lowest BCUT2D eigenvalue weighted by Gasteiger charge is -2.17. The van der Waals surface area contributed by atoms with Crippen LogP contribution in [0.2, 0.25) is 8.67 Å². The number of rotatable bonds is 3. The molecule has 0 aliphatic heterocycles. The highest BCUT2D eigenvalue weighted by Crippen LogP contribution is 2.37. The van der Waals surface area contributed by atoms with Crippen LogP contribution in [0.1, 0.15) is 17.2 Å². The third kappa shape index (κ3) is 2.84. The molecule has 0 unspecified atom stereocenters. The van der Waals surface area contributed by atoms with Crippen molar-refractivity contribution in [2.45, 2.75) is 23.5 Å². The van der Waals surface area contributed by atoms with Crippen LogP contribution < -0.4 is 4.72 Å². The highest BCUT2D eigenvalue weighted by molar-refractivity contribution is 7.89. The highest BCUT2D eigenvalue weighted by Gasteiger charge is 2.35. The summed E-state index contributed by atoms with van der Waals surface area (Å²) in [5.74, 6) is 0. The van der Waals surface area contributed by atoms with E-state index in [2.05, 4.69) is 4.72 Å². The van der Waals surface area contributed by atoms with Crippen LogP contribution in [0.15, 0.2) is 35.2 Å². The zero-order chi connectivity index (χ0) is 15.2. The summed E-state index contributed by atoms with van der Waals surface area (Å²) in [6.07, 6.45) is -0.383. The van der Waals surface area contributed by atoms with E-state index in [1.807, 2.05) is 18.2 Å². The second kappa shape index (κ2) is 5.53. The number of benzene rings is 1. The number of aliphatic hydroxyl groups is 1. The van der Waals surface area contributed by atoms with E-state index < -0.39 is 22.2 Å². The molecule has 0 saturated heterocycles. The molecule has 2 atom stereocenters. The van der Waals surface area contributed by atoms with Crippen molar-refractivity contribution in [2.24, 2.45) is 0 Å². The summed E-state index contributed by atoms with van der Waals surface area (Å²) in [7, 11) is -3.85. The van der Waals surface area contributed by atoms with Crippen LogP contribution in [0, 0.1) is 0 Å². The number of hydrogen-bond acceptors (Lipinski definition) is 4. The number of nitrogens with one attached hydrogen (secondary N) is 1. The van der Waals surface area contributed by atoms with Crippen molar-refractivity contribution in [3.63, 3.8) is 0 Å². The molecule has 1 aromatic heterocycles. The standard InChI is InChI=1S/C13H11Cl2NO3S2/c14-11-6-10(13(15)20-11)21(18,19)16-12-8-4-2-1-3-7(8)5-9(12)17/h1-4,6,9,12,16-17H,5H2/t9-,12+/m1/s1. The van der Waals surface area contributed by atoms with Gasteiger partial charge >= 0.3 is 0 Å². The second-order valence-corrected chi connectivity index (χ2v) is 8.73. The largest absolute Gasteiger partial charge is 0.391 e. The van der Waals surface area contributed by atoms with Crippen LogP contribution in [-0.4, -0.2) is 19.6 Å². The van der Waals surface area contributed by atoms with Gasteiger partial charge in [0.25, 0.3) is 0 Å². The lowest BCUT2D eigenvalue weighted by Crippen LogP contribution is -2.33. The summed E-state index contributed by atoms with van der Waals surface area (Å²) >= 11 is 12.7. The van der Waals surface area contributed by atoms with Gasteiger partial charge in [-0.05, 0) is 17.2 Å². The molecule has 1 aliphatic rings. The van der Waals surface area contributed by atoms with Gasteiger partial charge in [-0.15, -0.1) is 11.3 Å². The Kier molecular flexibility index (Phi) is 4.02. The molecule has 0 fully saturated rings. The maximum atomic E-state index is 12.4. The molecule has 1 aliphatic carbocycles. The van der Waals surface area contributed by atoms with Crippen molar-refractivity contribution in [1.29, 1.82) is 0 Å². The Morgan fingerprint density at radius 1 is 1.29 bits per heavy atom. The average Bonchev–Trinajstić information content (AvgIpc) is 2.91. The Labute approximate surface area is 136 Å². The molecule has 3 rings (SSSR count). The lowest BCUT2D eigenvalue weighted by atomic mass is 10.1. The number of hydrogen-bond donors (Lipinski definition) is 2. The van der Waals surface area contributed by atoms with Crippen LogP contribution in [0.25, 0.3) is 0 Å². The van der Waals surface area contributed by atoms with E-state index in [-0.39, 0.29) is 9.23 Å². The minimum Gasteiger partial charge on any atom is -0.391 e. The number of halogens is 2. The molecule has 2 aromatic rings. The second-order valence-electron chi connectivity index (χ2n) is 4.76. The molecule has 0 amide bonds. The molecule has 1 aromatic carbocycles. The summed E-state index contributed by atoms with van der Waals surface area (Å²) < 4.78 is 27.8. The van der Waals surface area contributed by atoms with Gasteiger partial charge in [0.05, 0.1) is 16.5 Å². The Bertz CT molecular complexity index is 788. The first-order valence-electron chi connectivity index (χ1n) is 6.11. The van der Waals surface area contributed by atoms with E-state index >= 15 is 0 Å². The van der Waals surface area contributed by atoms with Crippen molar-refractivity contribution in [3.05, 3.63) is 50.1 Å². The predicted molar refractivity (Wildman–Crippen MR) is 83.6 cm³/mol. The van der Waals surface area contributed by atoms with Gasteiger partial charge in [-0.3, -0.25) is 0 Å². The van der Waals surface area contributed by atoms with Crippen LogP contribution in [0.3, 0.4) is 0 Å². The van der Waals surface area contributed by atoms with Gasteiger partial charge in [-0.25, -0.2) is 13.1 Å². The monoisotopic (exact) mass is 363 g/mol. The molecule has 4 nitrogen and oxygen atoms in total. The number of sulfonamides is 1. The summed E-state index contributed by atoms with van der Waals surface area (Å²) in [4.78, 5) is -0.0595. The molecule has 112 valence electrons. The first-order chi connectivity index (χ1) is 9.88. The van der Waals surface area contributed by atoms with Crippen molar-refractivity contribution in [2.75, 3.05) is 0 Å². The third-order valence-corrected chi connectivity index (χ3v) is 6.60. The quantitative estimate of drug-likeness (QED) is 0.880. The van der Waals surface area contributed by atoms with Gasteiger partial charge in [0.2, 0.25) is 10.0 Å². The van der Waals surface area contributed by atoms with Crippen LogP contribution in [-0.2, 0) is 16.4 Å². The molecule has 0 bridgehead atoms. The third-order valence-electron chi connectivity index (χ3n) is 3.40. The van der Waals surface area contributed by atoms with Crippen molar-refractivity contribution in [1.82, 2.24) is 4.72 Å². The number of thiophene rings is 1. The summed E-state index contributed by atoms with van der Waals surface area (Å²) in [5, 5.41) is 10.1. The minimum atomic E-state index is -3.85. The molecular weight excluding hydrogens is 353 g/mol. The van der Waals surface area contributed by atoms with Crippen molar-refractivity contribution in [3.8, 4) is 0 Å². The maximum absolute atomic E-state index is 12.4. The molecule has 0 saturated carbocycles. The Morgan fingerprint density at radius 3 is 2.67 bits per heavy atom. The van der Waals surface area contributed by atoms with Crippen molar-refractivity contribution < 1.29 is 13.5 Å². The topological polar surface area (TPSA) is 66.4 Å². The van der Waals surface area contributed by atoms with Gasteiger partial charge in [-0.1, -0.05) is 47.5 Å². The molecule has 21 heavy (non-hydrogen) atoms. The molecule has 8 heteroatoms. The molecule has 0 spiro atoms. The first kappa shape index (κ1) is 15.3. The van der Waals surface area contributed by atoms with Gasteiger partial charge in [0, 0.05) is 6.42 Å². The maximum Gasteiger partial charge on any atom is 0.243 e. The Morgan fingerprint density at radius 2 is 2.00 bits per heavy atom. The average molecular weight is 364 g/mol. The van der Waals surface area contributed by atoms with Crippen LogP contribution in [0.5, 0.6) is 0 Å². The van der Waals surface area contributed by atoms with E-state index in [0.29, 0.717) is 10.8 Å². The zero-order valence-electron chi connectivity index (χ0n) is 10.6.